The molecule has 0 unspecified atom stereocenters. The Morgan fingerprint density at radius 1 is 1.33 bits per heavy atom. The van der Waals surface area contributed by atoms with Crippen LogP contribution in [0, 0.1) is 0 Å². The summed E-state index contributed by atoms with van der Waals surface area (Å²) in [4.78, 5) is 15.9. The molecule has 1 aliphatic rings. The summed E-state index contributed by atoms with van der Waals surface area (Å²) in [5.74, 6) is -0.382. The number of unbranched alkanes of at least 4 members (excludes halogenated alkanes) is 2. The van der Waals surface area contributed by atoms with E-state index in [-0.39, 0.29) is 0 Å². The Labute approximate surface area is 125 Å². The van der Waals surface area contributed by atoms with E-state index in [1.807, 2.05) is 0 Å². The van der Waals surface area contributed by atoms with Gasteiger partial charge in [0, 0.05) is 26.0 Å². The van der Waals surface area contributed by atoms with E-state index in [2.05, 4.69) is 10.3 Å². The molecule has 0 aliphatic heterocycles. The van der Waals surface area contributed by atoms with Crippen molar-refractivity contribution in [1.82, 2.24) is 4.98 Å². The second kappa shape index (κ2) is 7.98. The Bertz CT molecular complexity index is 489. The summed E-state index contributed by atoms with van der Waals surface area (Å²) >= 11 is 0. The largest absolute Gasteiger partial charge is 0.478 e. The Balaban J connectivity index is 1.98. The van der Waals surface area contributed by atoms with Gasteiger partial charge in [0.25, 0.3) is 0 Å². The van der Waals surface area contributed by atoms with Crippen LogP contribution in [-0.4, -0.2) is 36.3 Å². The van der Waals surface area contributed by atoms with Crippen LogP contribution < -0.4 is 5.32 Å². The third kappa shape index (κ3) is 4.43. The zero-order chi connectivity index (χ0) is 15.1. The smallest absolute Gasteiger partial charge is 0.339 e. The molecule has 116 valence electrons. The van der Waals surface area contributed by atoms with E-state index in [1.54, 1.807) is 13.2 Å². The number of aromatic nitrogens is 1. The first-order chi connectivity index (χ1) is 10.2. The van der Waals surface area contributed by atoms with Gasteiger partial charge in [-0.2, -0.15) is 0 Å². The van der Waals surface area contributed by atoms with Crippen molar-refractivity contribution in [3.8, 4) is 0 Å². The number of carboxylic acids is 1. The maximum atomic E-state index is 11.4. The van der Waals surface area contributed by atoms with Crippen molar-refractivity contribution in [2.24, 2.45) is 0 Å². The van der Waals surface area contributed by atoms with Crippen LogP contribution >= 0.6 is 0 Å². The van der Waals surface area contributed by atoms with Crippen LogP contribution in [0.4, 0.5) is 5.82 Å². The molecule has 21 heavy (non-hydrogen) atoms. The summed E-state index contributed by atoms with van der Waals surface area (Å²) in [6, 6.07) is 1.80. The van der Waals surface area contributed by atoms with Gasteiger partial charge in [0.1, 0.15) is 11.4 Å². The van der Waals surface area contributed by atoms with Gasteiger partial charge in [0.05, 0.1) is 0 Å². The molecule has 5 nitrogen and oxygen atoms in total. The van der Waals surface area contributed by atoms with E-state index in [0.29, 0.717) is 11.4 Å². The quantitative estimate of drug-likeness (QED) is 0.721. The van der Waals surface area contributed by atoms with Crippen LogP contribution in [-0.2, 0) is 17.6 Å². The van der Waals surface area contributed by atoms with Crippen LogP contribution in [0.1, 0.15) is 53.7 Å². The zero-order valence-corrected chi connectivity index (χ0v) is 12.7. The standard InChI is InChI=1S/C16H24N2O3/c1-21-10-6-2-5-9-17-15-13(16(19)20)11-12-7-3-4-8-14(12)18-15/h11H,2-10H2,1H3,(H,17,18)(H,19,20). The fourth-order valence-electron chi connectivity index (χ4n) is 2.69. The normalized spacial score (nSPS) is 13.8. The van der Waals surface area contributed by atoms with Crippen LogP contribution in [0.2, 0.25) is 0 Å². The zero-order valence-electron chi connectivity index (χ0n) is 12.7. The average Bonchev–Trinajstić information content (AvgIpc) is 2.49. The second-order valence-electron chi connectivity index (χ2n) is 5.48. The monoisotopic (exact) mass is 292 g/mol. The van der Waals surface area contributed by atoms with E-state index in [0.717, 1.165) is 69.4 Å². The minimum Gasteiger partial charge on any atom is -0.478 e. The lowest BCUT2D eigenvalue weighted by molar-refractivity contribution is 0.0697. The first kappa shape index (κ1) is 15.8. The Hall–Kier alpha value is -1.62. The number of rotatable bonds is 8. The first-order valence-corrected chi connectivity index (χ1v) is 7.71. The number of aromatic carboxylic acids is 1. The molecule has 5 heteroatoms. The van der Waals surface area contributed by atoms with Crippen LogP contribution in [0.25, 0.3) is 0 Å². The summed E-state index contributed by atoms with van der Waals surface area (Å²) in [7, 11) is 1.70. The molecule has 1 aromatic heterocycles. The van der Waals surface area contributed by atoms with Crippen LogP contribution in [0.5, 0.6) is 0 Å². The van der Waals surface area contributed by atoms with Gasteiger partial charge in [-0.25, -0.2) is 9.78 Å². The maximum Gasteiger partial charge on any atom is 0.339 e. The number of hydrogen-bond acceptors (Lipinski definition) is 4. The van der Waals surface area contributed by atoms with Gasteiger partial charge in [-0.15, -0.1) is 0 Å². The van der Waals surface area contributed by atoms with Gasteiger partial charge in [-0.1, -0.05) is 0 Å². The highest BCUT2D eigenvalue weighted by Gasteiger charge is 2.18. The highest BCUT2D eigenvalue weighted by molar-refractivity contribution is 5.93. The molecule has 0 bridgehead atoms. The number of aryl methyl sites for hydroxylation is 2. The third-order valence-electron chi connectivity index (χ3n) is 3.85. The molecular weight excluding hydrogens is 268 g/mol. The minimum atomic E-state index is -0.905. The number of ether oxygens (including phenoxy) is 1. The topological polar surface area (TPSA) is 71.5 Å². The number of pyridine rings is 1. The molecular formula is C16H24N2O3. The van der Waals surface area contributed by atoms with Crippen molar-refractivity contribution in [3.05, 3.63) is 22.9 Å². The van der Waals surface area contributed by atoms with Gasteiger partial charge in [0.15, 0.2) is 0 Å². The van der Waals surface area contributed by atoms with E-state index in [4.69, 9.17) is 4.74 Å². The maximum absolute atomic E-state index is 11.4. The molecule has 2 N–H and O–H groups in total. The number of methoxy groups -OCH3 is 1. The summed E-state index contributed by atoms with van der Waals surface area (Å²) < 4.78 is 5.01. The number of nitrogens with zero attached hydrogens (tertiary/aromatic N) is 1. The summed E-state index contributed by atoms with van der Waals surface area (Å²) in [6.07, 6.45) is 7.25. The van der Waals surface area contributed by atoms with Gasteiger partial charge in [-0.3, -0.25) is 0 Å². The molecule has 0 amide bonds. The van der Waals surface area contributed by atoms with E-state index < -0.39 is 5.97 Å². The Morgan fingerprint density at radius 3 is 2.90 bits per heavy atom. The highest BCUT2D eigenvalue weighted by atomic mass is 16.5. The Morgan fingerprint density at radius 2 is 2.14 bits per heavy atom. The van der Waals surface area contributed by atoms with Gasteiger partial charge < -0.3 is 15.2 Å². The number of fused-ring (bicyclic) bond motifs is 1. The molecule has 1 heterocycles. The third-order valence-corrected chi connectivity index (χ3v) is 3.85. The molecule has 0 saturated carbocycles. The summed E-state index contributed by atoms with van der Waals surface area (Å²) in [5, 5.41) is 12.5. The van der Waals surface area contributed by atoms with E-state index >= 15 is 0 Å². The molecule has 0 atom stereocenters. The van der Waals surface area contributed by atoms with Gasteiger partial charge >= 0.3 is 5.97 Å². The van der Waals surface area contributed by atoms with Crippen molar-refractivity contribution in [2.45, 2.75) is 44.9 Å². The number of carbonyl (C=O) groups is 1. The number of anilines is 1. The number of nitrogens with one attached hydrogen (secondary N) is 1. The Kier molecular flexibility index (Phi) is 5.99. The van der Waals surface area contributed by atoms with Crippen molar-refractivity contribution >= 4 is 11.8 Å². The number of hydrogen-bond donors (Lipinski definition) is 2. The number of carboxylic acid groups (broad SMARTS) is 1. The molecule has 1 aliphatic carbocycles. The van der Waals surface area contributed by atoms with Gasteiger partial charge in [0.2, 0.25) is 0 Å². The predicted molar refractivity (Wildman–Crippen MR) is 82.1 cm³/mol. The van der Waals surface area contributed by atoms with E-state index in [1.165, 1.54) is 0 Å². The minimum absolute atomic E-state index is 0.299. The second-order valence-corrected chi connectivity index (χ2v) is 5.48. The lowest BCUT2D eigenvalue weighted by Gasteiger charge is -2.18. The van der Waals surface area contributed by atoms with Crippen LogP contribution in [0.3, 0.4) is 0 Å². The predicted octanol–water partition coefficient (Wildman–Crippen LogP) is 2.89. The highest BCUT2D eigenvalue weighted by Crippen LogP contribution is 2.24. The van der Waals surface area contributed by atoms with Crippen molar-refractivity contribution in [1.29, 1.82) is 0 Å². The molecule has 0 aromatic carbocycles. The summed E-state index contributed by atoms with van der Waals surface area (Å²) in [6.45, 7) is 1.52. The molecule has 0 radical (unpaired) electrons. The summed E-state index contributed by atoms with van der Waals surface area (Å²) in [5.41, 5.74) is 2.46. The molecule has 0 fully saturated rings. The lowest BCUT2D eigenvalue weighted by Crippen LogP contribution is -2.14. The fourth-order valence-corrected chi connectivity index (χ4v) is 2.69. The molecule has 1 aromatic rings. The van der Waals surface area contributed by atoms with Crippen molar-refractivity contribution < 1.29 is 14.6 Å². The molecule has 2 rings (SSSR count). The lowest BCUT2D eigenvalue weighted by atomic mass is 9.94. The molecule has 0 saturated heterocycles. The molecule has 0 spiro atoms. The van der Waals surface area contributed by atoms with E-state index in [9.17, 15) is 9.90 Å². The first-order valence-electron chi connectivity index (χ1n) is 7.71. The van der Waals surface area contributed by atoms with Crippen molar-refractivity contribution in [2.75, 3.05) is 25.6 Å². The van der Waals surface area contributed by atoms with Crippen LogP contribution in [0.15, 0.2) is 6.07 Å². The SMILES string of the molecule is COCCCCCNc1nc2c(cc1C(=O)O)CCCC2. The van der Waals surface area contributed by atoms with Gasteiger partial charge in [-0.05, 0) is 56.6 Å². The average molecular weight is 292 g/mol. The van der Waals surface area contributed by atoms with Crippen molar-refractivity contribution in [3.63, 3.8) is 0 Å². The fraction of sp³-hybridized carbons (Fsp3) is 0.625.